The van der Waals surface area contributed by atoms with Crippen LogP contribution in [0.1, 0.15) is 24.8 Å². The first-order valence-corrected chi connectivity index (χ1v) is 6.94. The number of likely N-dealkylation sites (N-methyl/N-ethyl adjacent to an activating group) is 2. The topological polar surface area (TPSA) is 30.3 Å². The van der Waals surface area contributed by atoms with Crippen molar-refractivity contribution in [1.82, 2.24) is 4.90 Å². The lowest BCUT2D eigenvalue weighted by atomic mass is 9.75. The van der Waals surface area contributed by atoms with Crippen molar-refractivity contribution >= 4 is 17.3 Å². The van der Waals surface area contributed by atoms with E-state index in [9.17, 15) is 5.26 Å². The van der Waals surface area contributed by atoms with E-state index in [0.717, 1.165) is 12.2 Å². The fraction of sp³-hybridized carbons (Fsp3) is 0.533. The molecule has 0 N–H and O–H groups in total. The normalized spacial score (nSPS) is 16.8. The highest BCUT2D eigenvalue weighted by atomic mass is 35.5. The standard InChI is InChI=1S/C15H20ClN3/c1-18(2)15(7-4-8-15)11-19(3)14-6-5-13(16)9-12(14)10-17/h5-6,9H,4,7-8,11H2,1-3H3. The van der Waals surface area contributed by atoms with Crippen molar-refractivity contribution in [2.75, 3.05) is 32.6 Å². The van der Waals surface area contributed by atoms with E-state index in [2.05, 4.69) is 30.0 Å². The number of hydrogen-bond acceptors (Lipinski definition) is 3. The van der Waals surface area contributed by atoms with Crippen molar-refractivity contribution < 1.29 is 0 Å². The molecule has 1 aliphatic carbocycles. The molecule has 0 saturated heterocycles. The van der Waals surface area contributed by atoms with Gasteiger partial charge < -0.3 is 9.80 Å². The zero-order valence-electron chi connectivity index (χ0n) is 11.8. The quantitative estimate of drug-likeness (QED) is 0.847. The molecule has 4 heteroatoms. The zero-order chi connectivity index (χ0) is 14.0. The highest BCUT2D eigenvalue weighted by Gasteiger charge is 2.40. The lowest BCUT2D eigenvalue weighted by Gasteiger charge is -2.49. The third-order valence-corrected chi connectivity index (χ3v) is 4.49. The summed E-state index contributed by atoms with van der Waals surface area (Å²) in [6.07, 6.45) is 3.73. The van der Waals surface area contributed by atoms with Gasteiger partial charge in [0.1, 0.15) is 6.07 Å². The summed E-state index contributed by atoms with van der Waals surface area (Å²) in [6, 6.07) is 7.74. The minimum absolute atomic E-state index is 0.251. The van der Waals surface area contributed by atoms with Crippen LogP contribution in [-0.2, 0) is 0 Å². The number of hydrogen-bond donors (Lipinski definition) is 0. The van der Waals surface area contributed by atoms with Crippen LogP contribution in [0.3, 0.4) is 0 Å². The highest BCUT2D eigenvalue weighted by molar-refractivity contribution is 6.30. The molecule has 0 atom stereocenters. The first-order chi connectivity index (χ1) is 8.98. The summed E-state index contributed by atoms with van der Waals surface area (Å²) in [4.78, 5) is 4.49. The van der Waals surface area contributed by atoms with E-state index in [0.29, 0.717) is 10.6 Å². The lowest BCUT2D eigenvalue weighted by Crippen LogP contribution is -2.56. The van der Waals surface area contributed by atoms with Crippen LogP contribution < -0.4 is 4.90 Å². The molecule has 1 aliphatic rings. The predicted octanol–water partition coefficient (Wildman–Crippen LogP) is 3.13. The van der Waals surface area contributed by atoms with E-state index >= 15 is 0 Å². The maximum Gasteiger partial charge on any atom is 0.101 e. The van der Waals surface area contributed by atoms with E-state index in [4.69, 9.17) is 11.6 Å². The van der Waals surface area contributed by atoms with Crippen LogP contribution >= 0.6 is 11.6 Å². The number of anilines is 1. The maximum absolute atomic E-state index is 9.22. The summed E-state index contributed by atoms with van der Waals surface area (Å²) in [7, 11) is 6.33. The number of halogens is 1. The van der Waals surface area contributed by atoms with Crippen molar-refractivity contribution in [1.29, 1.82) is 5.26 Å². The number of benzene rings is 1. The van der Waals surface area contributed by atoms with Crippen molar-refractivity contribution in [3.05, 3.63) is 28.8 Å². The van der Waals surface area contributed by atoms with E-state index in [1.54, 1.807) is 6.07 Å². The van der Waals surface area contributed by atoms with Crippen LogP contribution in [0.15, 0.2) is 18.2 Å². The van der Waals surface area contributed by atoms with Crippen LogP contribution in [0, 0.1) is 11.3 Å². The predicted molar refractivity (Wildman–Crippen MR) is 79.7 cm³/mol. The highest BCUT2D eigenvalue weighted by Crippen LogP contribution is 2.38. The summed E-state index contributed by atoms with van der Waals surface area (Å²) >= 11 is 5.94. The molecular formula is C15H20ClN3. The Morgan fingerprint density at radius 1 is 1.32 bits per heavy atom. The van der Waals surface area contributed by atoms with Gasteiger partial charge in [0.25, 0.3) is 0 Å². The Hall–Kier alpha value is -1.24. The molecule has 102 valence electrons. The minimum atomic E-state index is 0.251. The number of nitriles is 1. The first-order valence-electron chi connectivity index (χ1n) is 6.57. The van der Waals surface area contributed by atoms with Gasteiger partial charge in [-0.05, 0) is 51.6 Å². The molecule has 0 bridgehead atoms. The molecule has 1 fully saturated rings. The van der Waals surface area contributed by atoms with Crippen LogP contribution in [0.2, 0.25) is 5.02 Å². The SMILES string of the molecule is CN(CC1(N(C)C)CCC1)c1ccc(Cl)cc1C#N. The summed E-state index contributed by atoms with van der Waals surface area (Å²) in [5.74, 6) is 0. The lowest BCUT2D eigenvalue weighted by molar-refractivity contribution is 0.0683. The molecule has 2 rings (SSSR count). The molecule has 0 amide bonds. The molecule has 1 aromatic rings. The fourth-order valence-corrected chi connectivity index (χ4v) is 2.96. The smallest absolute Gasteiger partial charge is 0.101 e. The minimum Gasteiger partial charge on any atom is -0.372 e. The molecule has 3 nitrogen and oxygen atoms in total. The van der Waals surface area contributed by atoms with Crippen LogP contribution in [0.25, 0.3) is 0 Å². The molecule has 19 heavy (non-hydrogen) atoms. The molecule has 0 aliphatic heterocycles. The fourth-order valence-electron chi connectivity index (χ4n) is 2.79. The van der Waals surface area contributed by atoms with Gasteiger partial charge in [0.15, 0.2) is 0 Å². The Morgan fingerprint density at radius 2 is 2.00 bits per heavy atom. The number of rotatable bonds is 4. The second-order valence-corrected chi connectivity index (χ2v) is 6.04. The van der Waals surface area contributed by atoms with Crippen molar-refractivity contribution in [2.24, 2.45) is 0 Å². The molecule has 1 saturated carbocycles. The Bertz CT molecular complexity index is 501. The van der Waals surface area contributed by atoms with Gasteiger partial charge in [-0.25, -0.2) is 0 Å². The third-order valence-electron chi connectivity index (χ3n) is 4.25. The molecule has 0 radical (unpaired) electrons. The summed E-state index contributed by atoms with van der Waals surface area (Å²) in [5.41, 5.74) is 1.85. The zero-order valence-corrected chi connectivity index (χ0v) is 12.5. The van der Waals surface area contributed by atoms with Gasteiger partial charge in [-0.2, -0.15) is 5.26 Å². The molecule has 0 spiro atoms. The van der Waals surface area contributed by atoms with E-state index in [1.165, 1.54) is 19.3 Å². The first kappa shape index (κ1) is 14.2. The average molecular weight is 278 g/mol. The molecular weight excluding hydrogens is 258 g/mol. The van der Waals surface area contributed by atoms with Gasteiger partial charge >= 0.3 is 0 Å². The Kier molecular flexibility index (Phi) is 4.03. The summed E-state index contributed by atoms with van der Waals surface area (Å²) in [6.45, 7) is 0.941. The molecule has 1 aromatic carbocycles. The molecule has 0 aromatic heterocycles. The van der Waals surface area contributed by atoms with Gasteiger partial charge in [-0.1, -0.05) is 11.6 Å². The van der Waals surface area contributed by atoms with Crippen molar-refractivity contribution in [3.63, 3.8) is 0 Å². The largest absolute Gasteiger partial charge is 0.372 e. The second-order valence-electron chi connectivity index (χ2n) is 5.60. The third kappa shape index (κ3) is 2.70. The van der Waals surface area contributed by atoms with E-state index in [-0.39, 0.29) is 5.54 Å². The van der Waals surface area contributed by atoms with Gasteiger partial charge in [-0.3, -0.25) is 0 Å². The number of nitrogens with zero attached hydrogens (tertiary/aromatic N) is 3. The Labute approximate surface area is 120 Å². The molecule has 0 heterocycles. The second kappa shape index (κ2) is 5.40. The summed E-state index contributed by atoms with van der Waals surface area (Å²) in [5, 5.41) is 9.84. The van der Waals surface area contributed by atoms with Crippen LogP contribution in [0.5, 0.6) is 0 Å². The van der Waals surface area contributed by atoms with Crippen LogP contribution in [-0.4, -0.2) is 38.1 Å². The maximum atomic E-state index is 9.22. The Balaban J connectivity index is 2.21. The van der Waals surface area contributed by atoms with E-state index < -0.39 is 0 Å². The van der Waals surface area contributed by atoms with Gasteiger partial charge in [0, 0.05) is 24.2 Å². The van der Waals surface area contributed by atoms with Gasteiger partial charge in [0.05, 0.1) is 11.3 Å². The van der Waals surface area contributed by atoms with Gasteiger partial charge in [0.2, 0.25) is 0 Å². The summed E-state index contributed by atoms with van der Waals surface area (Å²) < 4.78 is 0. The van der Waals surface area contributed by atoms with Crippen LogP contribution in [0.4, 0.5) is 5.69 Å². The van der Waals surface area contributed by atoms with Crippen molar-refractivity contribution in [2.45, 2.75) is 24.8 Å². The van der Waals surface area contributed by atoms with Crippen molar-refractivity contribution in [3.8, 4) is 6.07 Å². The van der Waals surface area contributed by atoms with Gasteiger partial charge in [-0.15, -0.1) is 0 Å². The molecule has 0 unspecified atom stereocenters. The van der Waals surface area contributed by atoms with E-state index in [1.807, 2.05) is 19.2 Å². The monoisotopic (exact) mass is 277 g/mol. The average Bonchev–Trinajstić information content (AvgIpc) is 2.32. The Morgan fingerprint density at radius 3 is 2.47 bits per heavy atom.